The van der Waals surface area contributed by atoms with E-state index in [1.165, 1.54) is 25.7 Å². The number of benzene rings is 1. The van der Waals surface area contributed by atoms with Gasteiger partial charge in [0.2, 0.25) is 0 Å². The van der Waals surface area contributed by atoms with Gasteiger partial charge >= 0.3 is 0 Å². The molecule has 0 bridgehead atoms. The minimum absolute atomic E-state index is 0.0739. The molecule has 0 aliphatic carbocycles. The Kier molecular flexibility index (Phi) is 9.56. The van der Waals surface area contributed by atoms with Gasteiger partial charge in [0, 0.05) is 17.7 Å². The Labute approximate surface area is 135 Å². The maximum atomic E-state index is 11.5. The summed E-state index contributed by atoms with van der Waals surface area (Å²) >= 11 is 0. The molecule has 0 N–H and O–H groups in total. The van der Waals surface area contributed by atoms with Crippen LogP contribution in [-0.4, -0.2) is 19.0 Å². The largest absolute Gasteiger partial charge is 0.493 e. The van der Waals surface area contributed by atoms with E-state index in [9.17, 15) is 4.79 Å². The standard InChI is InChI=1S/C19H30O3/c1-4-6-8-12-21-15-18-14-17(16(3)20)10-11-19(18)22-13-9-7-5-2/h10-11,14H,4-9,12-13,15H2,1-3H3. The fourth-order valence-electron chi connectivity index (χ4n) is 2.22. The summed E-state index contributed by atoms with van der Waals surface area (Å²) in [5.41, 5.74) is 1.69. The molecule has 1 rings (SSSR count). The summed E-state index contributed by atoms with van der Waals surface area (Å²) in [6, 6.07) is 5.63. The van der Waals surface area contributed by atoms with E-state index in [1.54, 1.807) is 6.92 Å². The molecule has 3 nitrogen and oxygen atoms in total. The highest BCUT2D eigenvalue weighted by Gasteiger charge is 2.08. The summed E-state index contributed by atoms with van der Waals surface area (Å²) in [5, 5.41) is 0. The van der Waals surface area contributed by atoms with Gasteiger partial charge in [-0.3, -0.25) is 4.79 Å². The molecule has 0 saturated carbocycles. The molecule has 124 valence electrons. The number of carbonyl (C=O) groups is 1. The maximum absolute atomic E-state index is 11.5. The van der Waals surface area contributed by atoms with Gasteiger partial charge in [0.15, 0.2) is 5.78 Å². The highest BCUT2D eigenvalue weighted by molar-refractivity contribution is 5.94. The van der Waals surface area contributed by atoms with Gasteiger partial charge in [-0.05, 0) is 38.0 Å². The summed E-state index contributed by atoms with van der Waals surface area (Å²) in [6.07, 6.45) is 6.87. The van der Waals surface area contributed by atoms with Crippen LogP contribution in [-0.2, 0) is 11.3 Å². The van der Waals surface area contributed by atoms with E-state index in [-0.39, 0.29) is 5.78 Å². The summed E-state index contributed by atoms with van der Waals surface area (Å²) in [7, 11) is 0. The molecule has 0 unspecified atom stereocenters. The van der Waals surface area contributed by atoms with E-state index in [1.807, 2.05) is 18.2 Å². The normalized spacial score (nSPS) is 10.7. The van der Waals surface area contributed by atoms with E-state index < -0.39 is 0 Å². The van der Waals surface area contributed by atoms with Crippen LogP contribution in [0.5, 0.6) is 5.75 Å². The molecule has 0 fully saturated rings. The number of Topliss-reactive ketones (excluding diaryl/α,β-unsaturated/α-hetero) is 1. The molecule has 0 saturated heterocycles. The van der Waals surface area contributed by atoms with E-state index in [4.69, 9.17) is 9.47 Å². The fourth-order valence-corrected chi connectivity index (χ4v) is 2.22. The van der Waals surface area contributed by atoms with Crippen LogP contribution in [0.4, 0.5) is 0 Å². The maximum Gasteiger partial charge on any atom is 0.159 e. The molecule has 1 aromatic rings. The molecule has 0 aliphatic heterocycles. The molecule has 0 atom stereocenters. The summed E-state index contributed by atoms with van der Waals surface area (Å²) in [6.45, 7) is 7.93. The number of rotatable bonds is 12. The van der Waals surface area contributed by atoms with Crippen molar-refractivity contribution in [2.24, 2.45) is 0 Å². The lowest BCUT2D eigenvalue weighted by Crippen LogP contribution is -2.04. The number of hydrogen-bond acceptors (Lipinski definition) is 3. The lowest BCUT2D eigenvalue weighted by molar-refractivity contribution is 0.101. The molecule has 0 amide bonds. The molecular formula is C19H30O3. The first-order chi connectivity index (χ1) is 10.7. The van der Waals surface area contributed by atoms with E-state index in [2.05, 4.69) is 13.8 Å². The lowest BCUT2D eigenvalue weighted by Gasteiger charge is -2.13. The Bertz CT molecular complexity index is 440. The number of carbonyl (C=O) groups excluding carboxylic acids is 1. The average molecular weight is 306 g/mol. The zero-order valence-corrected chi connectivity index (χ0v) is 14.3. The molecule has 0 radical (unpaired) electrons. The second-order valence-electron chi connectivity index (χ2n) is 5.69. The van der Waals surface area contributed by atoms with Crippen molar-refractivity contribution in [3.63, 3.8) is 0 Å². The van der Waals surface area contributed by atoms with Crippen molar-refractivity contribution in [3.8, 4) is 5.75 Å². The lowest BCUT2D eigenvalue weighted by atomic mass is 10.1. The highest BCUT2D eigenvalue weighted by Crippen LogP contribution is 2.22. The van der Waals surface area contributed by atoms with Gasteiger partial charge < -0.3 is 9.47 Å². The SMILES string of the molecule is CCCCCOCc1cc(C(C)=O)ccc1OCCCCC. The van der Waals surface area contributed by atoms with Crippen LogP contribution in [0.15, 0.2) is 18.2 Å². The minimum atomic E-state index is 0.0739. The van der Waals surface area contributed by atoms with Crippen LogP contribution in [0.25, 0.3) is 0 Å². The van der Waals surface area contributed by atoms with Gasteiger partial charge in [-0.15, -0.1) is 0 Å². The van der Waals surface area contributed by atoms with Gasteiger partial charge in [0.1, 0.15) is 5.75 Å². The number of unbranched alkanes of at least 4 members (excludes halogenated alkanes) is 4. The summed E-state index contributed by atoms with van der Waals surface area (Å²) < 4.78 is 11.6. The Morgan fingerprint density at radius 2 is 1.68 bits per heavy atom. The zero-order valence-electron chi connectivity index (χ0n) is 14.3. The third kappa shape index (κ3) is 7.08. The number of ketones is 1. The van der Waals surface area contributed by atoms with Crippen LogP contribution in [0.2, 0.25) is 0 Å². The first kappa shape index (κ1) is 18.7. The van der Waals surface area contributed by atoms with Crippen molar-refractivity contribution < 1.29 is 14.3 Å². The first-order valence-corrected chi connectivity index (χ1v) is 8.53. The quantitative estimate of drug-likeness (QED) is 0.395. The number of hydrogen-bond donors (Lipinski definition) is 0. The average Bonchev–Trinajstić information content (AvgIpc) is 2.52. The molecule has 0 heterocycles. The third-order valence-corrected chi connectivity index (χ3v) is 3.62. The zero-order chi connectivity index (χ0) is 16.2. The summed E-state index contributed by atoms with van der Waals surface area (Å²) in [4.78, 5) is 11.5. The molecule has 22 heavy (non-hydrogen) atoms. The second kappa shape index (κ2) is 11.2. The Morgan fingerprint density at radius 1 is 1.00 bits per heavy atom. The van der Waals surface area contributed by atoms with Gasteiger partial charge in [-0.2, -0.15) is 0 Å². The second-order valence-corrected chi connectivity index (χ2v) is 5.69. The van der Waals surface area contributed by atoms with Crippen LogP contribution in [0.3, 0.4) is 0 Å². The molecule has 0 aromatic heterocycles. The monoisotopic (exact) mass is 306 g/mol. The van der Waals surface area contributed by atoms with Crippen molar-refractivity contribution in [2.45, 2.75) is 65.9 Å². The minimum Gasteiger partial charge on any atom is -0.493 e. The molecule has 1 aromatic carbocycles. The highest BCUT2D eigenvalue weighted by atomic mass is 16.5. The summed E-state index contributed by atoms with van der Waals surface area (Å²) in [5.74, 6) is 0.918. The Hall–Kier alpha value is -1.35. The van der Waals surface area contributed by atoms with Crippen LogP contribution >= 0.6 is 0 Å². The Balaban J connectivity index is 2.62. The van der Waals surface area contributed by atoms with E-state index in [0.29, 0.717) is 12.2 Å². The molecule has 0 aliphatic rings. The van der Waals surface area contributed by atoms with Crippen molar-refractivity contribution in [1.82, 2.24) is 0 Å². The van der Waals surface area contributed by atoms with Crippen molar-refractivity contribution in [2.75, 3.05) is 13.2 Å². The van der Waals surface area contributed by atoms with Crippen molar-refractivity contribution >= 4 is 5.78 Å². The van der Waals surface area contributed by atoms with Crippen molar-refractivity contribution in [3.05, 3.63) is 29.3 Å². The fraction of sp³-hybridized carbons (Fsp3) is 0.632. The topological polar surface area (TPSA) is 35.5 Å². The van der Waals surface area contributed by atoms with Crippen molar-refractivity contribution in [1.29, 1.82) is 0 Å². The third-order valence-electron chi connectivity index (χ3n) is 3.62. The van der Waals surface area contributed by atoms with Gasteiger partial charge in [-0.25, -0.2) is 0 Å². The smallest absolute Gasteiger partial charge is 0.159 e. The van der Waals surface area contributed by atoms with Crippen LogP contribution in [0.1, 0.15) is 75.2 Å². The van der Waals surface area contributed by atoms with E-state index in [0.717, 1.165) is 37.4 Å². The van der Waals surface area contributed by atoms with Gasteiger partial charge in [0.25, 0.3) is 0 Å². The molecule has 3 heteroatoms. The molecular weight excluding hydrogens is 276 g/mol. The first-order valence-electron chi connectivity index (χ1n) is 8.53. The predicted molar refractivity (Wildman–Crippen MR) is 90.6 cm³/mol. The van der Waals surface area contributed by atoms with Gasteiger partial charge in [-0.1, -0.05) is 39.5 Å². The predicted octanol–water partition coefficient (Wildman–Crippen LogP) is 5.17. The number of ether oxygens (including phenoxy) is 2. The van der Waals surface area contributed by atoms with Crippen LogP contribution < -0.4 is 4.74 Å². The van der Waals surface area contributed by atoms with Crippen LogP contribution in [0, 0.1) is 0 Å². The van der Waals surface area contributed by atoms with Gasteiger partial charge in [0.05, 0.1) is 13.2 Å². The molecule has 0 spiro atoms. The Morgan fingerprint density at radius 3 is 2.32 bits per heavy atom. The van der Waals surface area contributed by atoms with E-state index >= 15 is 0 Å².